The predicted molar refractivity (Wildman–Crippen MR) is 118 cm³/mol. The van der Waals surface area contributed by atoms with E-state index >= 15 is 0 Å². The number of para-hydroxylation sites is 1. The highest BCUT2D eigenvalue weighted by molar-refractivity contribution is 14.0. The number of unbranched alkanes of at least 4 members (excludes halogenated alkanes) is 1. The molecule has 1 aromatic rings. The van der Waals surface area contributed by atoms with Gasteiger partial charge in [-0.05, 0) is 37.8 Å². The quantitative estimate of drug-likeness (QED) is 0.171. The normalized spacial score (nSPS) is 10.7. The molecular formula is C18H30IN3OS. The van der Waals surface area contributed by atoms with Gasteiger partial charge in [-0.1, -0.05) is 30.9 Å². The van der Waals surface area contributed by atoms with Crippen LogP contribution in [0.5, 0.6) is 5.75 Å². The highest BCUT2D eigenvalue weighted by atomic mass is 127. The molecule has 0 amide bonds. The summed E-state index contributed by atoms with van der Waals surface area (Å²) in [5.74, 6) is 2.94. The number of aliphatic imine (C=N–C) groups is 1. The first kappa shape index (κ1) is 23.1. The molecule has 136 valence electrons. The van der Waals surface area contributed by atoms with E-state index in [0.29, 0.717) is 13.2 Å². The lowest BCUT2D eigenvalue weighted by atomic mass is 10.2. The third kappa shape index (κ3) is 10.1. The van der Waals surface area contributed by atoms with Gasteiger partial charge in [-0.25, -0.2) is 4.99 Å². The molecule has 0 saturated carbocycles. The zero-order valence-electron chi connectivity index (χ0n) is 14.7. The zero-order valence-corrected chi connectivity index (χ0v) is 17.9. The molecule has 0 unspecified atom stereocenters. The van der Waals surface area contributed by atoms with Crippen molar-refractivity contribution in [3.05, 3.63) is 42.5 Å². The summed E-state index contributed by atoms with van der Waals surface area (Å²) in [6.45, 7) is 8.66. The molecule has 6 heteroatoms. The summed E-state index contributed by atoms with van der Waals surface area (Å²) in [6, 6.07) is 8.00. The number of thioether (sulfide) groups is 1. The van der Waals surface area contributed by atoms with E-state index in [-0.39, 0.29) is 24.0 Å². The number of rotatable bonds is 11. The summed E-state index contributed by atoms with van der Waals surface area (Å²) in [5, 5.41) is 6.67. The van der Waals surface area contributed by atoms with Gasteiger partial charge in [0.25, 0.3) is 0 Å². The molecule has 2 N–H and O–H groups in total. The molecule has 0 bridgehead atoms. The maximum atomic E-state index is 5.67. The Balaban J connectivity index is 0.00000529. The number of nitrogens with zero attached hydrogens (tertiary/aromatic N) is 1. The van der Waals surface area contributed by atoms with Crippen LogP contribution in [0, 0.1) is 0 Å². The van der Waals surface area contributed by atoms with Gasteiger partial charge in [0.1, 0.15) is 12.4 Å². The number of guanidine groups is 1. The standard InChI is InChI=1S/C18H29N3OS.HI/c1-4-13-22-17-11-7-6-10-16(17)15-21-18(19-5-2)20-12-8-9-14-23-3;/h4,6-7,10-11H,1,5,8-9,12-15H2,2-3H3,(H2,19,20,21);1H. The fourth-order valence-corrected chi connectivity index (χ4v) is 2.50. The first-order valence-corrected chi connectivity index (χ1v) is 9.54. The highest BCUT2D eigenvalue weighted by Crippen LogP contribution is 2.18. The number of halogens is 1. The van der Waals surface area contributed by atoms with Crippen molar-refractivity contribution in [1.29, 1.82) is 0 Å². The average molecular weight is 463 g/mol. The highest BCUT2D eigenvalue weighted by Gasteiger charge is 2.03. The fraction of sp³-hybridized carbons (Fsp3) is 0.500. The van der Waals surface area contributed by atoms with Gasteiger partial charge in [-0.15, -0.1) is 24.0 Å². The number of nitrogens with one attached hydrogen (secondary N) is 2. The Kier molecular flexibility index (Phi) is 15.0. The summed E-state index contributed by atoms with van der Waals surface area (Å²) in [7, 11) is 0. The van der Waals surface area contributed by atoms with Crippen LogP contribution >= 0.6 is 35.7 Å². The minimum absolute atomic E-state index is 0. The van der Waals surface area contributed by atoms with Crippen molar-refractivity contribution in [2.24, 2.45) is 4.99 Å². The first-order valence-electron chi connectivity index (χ1n) is 8.14. The largest absolute Gasteiger partial charge is 0.489 e. The van der Waals surface area contributed by atoms with E-state index in [1.165, 1.54) is 12.2 Å². The van der Waals surface area contributed by atoms with Crippen LogP contribution in [0.1, 0.15) is 25.3 Å². The Morgan fingerprint density at radius 1 is 1.29 bits per heavy atom. The molecule has 1 aromatic carbocycles. The molecule has 0 aromatic heterocycles. The topological polar surface area (TPSA) is 45.6 Å². The Morgan fingerprint density at radius 2 is 2.08 bits per heavy atom. The number of hydrogen-bond donors (Lipinski definition) is 2. The summed E-state index contributed by atoms with van der Waals surface area (Å²) in [5.41, 5.74) is 1.08. The molecule has 0 saturated heterocycles. The van der Waals surface area contributed by atoms with Crippen molar-refractivity contribution in [3.63, 3.8) is 0 Å². The Bertz CT molecular complexity index is 483. The molecule has 0 fully saturated rings. The molecular weight excluding hydrogens is 433 g/mol. The minimum atomic E-state index is 0. The second kappa shape index (κ2) is 15.6. The maximum Gasteiger partial charge on any atom is 0.191 e. The molecule has 24 heavy (non-hydrogen) atoms. The lowest BCUT2D eigenvalue weighted by Crippen LogP contribution is -2.37. The SMILES string of the molecule is C=CCOc1ccccc1CN=C(NCC)NCCCCSC.I. The van der Waals surface area contributed by atoms with Crippen LogP contribution in [-0.4, -0.2) is 37.7 Å². The molecule has 1 rings (SSSR count). The summed E-state index contributed by atoms with van der Waals surface area (Å²) >= 11 is 1.89. The van der Waals surface area contributed by atoms with Crippen LogP contribution < -0.4 is 15.4 Å². The monoisotopic (exact) mass is 463 g/mol. The van der Waals surface area contributed by atoms with E-state index in [2.05, 4.69) is 35.4 Å². The third-order valence-electron chi connectivity index (χ3n) is 3.15. The minimum Gasteiger partial charge on any atom is -0.489 e. The van der Waals surface area contributed by atoms with Crippen LogP contribution in [-0.2, 0) is 6.54 Å². The molecule has 0 aliphatic heterocycles. The number of hydrogen-bond acceptors (Lipinski definition) is 3. The summed E-state index contributed by atoms with van der Waals surface area (Å²) < 4.78 is 5.67. The van der Waals surface area contributed by atoms with Crippen LogP contribution in [0.4, 0.5) is 0 Å². The predicted octanol–water partition coefficient (Wildman–Crippen LogP) is 4.07. The lowest BCUT2D eigenvalue weighted by Gasteiger charge is -2.12. The van der Waals surface area contributed by atoms with E-state index in [9.17, 15) is 0 Å². The van der Waals surface area contributed by atoms with Gasteiger partial charge in [-0.2, -0.15) is 11.8 Å². The Labute approximate surface area is 167 Å². The molecule has 0 spiro atoms. The van der Waals surface area contributed by atoms with Gasteiger partial charge in [0.05, 0.1) is 6.54 Å². The van der Waals surface area contributed by atoms with Gasteiger partial charge in [-0.3, -0.25) is 0 Å². The van der Waals surface area contributed by atoms with Crippen molar-refractivity contribution in [3.8, 4) is 5.75 Å². The van der Waals surface area contributed by atoms with Crippen LogP contribution in [0.3, 0.4) is 0 Å². The van der Waals surface area contributed by atoms with E-state index in [1.807, 2.05) is 36.0 Å². The smallest absolute Gasteiger partial charge is 0.191 e. The van der Waals surface area contributed by atoms with Crippen LogP contribution in [0.2, 0.25) is 0 Å². The Hall–Kier alpha value is -0.890. The lowest BCUT2D eigenvalue weighted by molar-refractivity contribution is 0.359. The summed E-state index contributed by atoms with van der Waals surface area (Å²) in [4.78, 5) is 4.65. The zero-order chi connectivity index (χ0) is 16.8. The van der Waals surface area contributed by atoms with E-state index in [0.717, 1.165) is 36.8 Å². The molecule has 0 atom stereocenters. The Morgan fingerprint density at radius 3 is 2.79 bits per heavy atom. The van der Waals surface area contributed by atoms with Crippen molar-refractivity contribution < 1.29 is 4.74 Å². The van der Waals surface area contributed by atoms with Crippen LogP contribution in [0.15, 0.2) is 41.9 Å². The van der Waals surface area contributed by atoms with Crippen molar-refractivity contribution >= 4 is 41.7 Å². The average Bonchev–Trinajstić information content (AvgIpc) is 2.58. The van der Waals surface area contributed by atoms with Gasteiger partial charge < -0.3 is 15.4 Å². The molecule has 0 radical (unpaired) electrons. The second-order valence-electron chi connectivity index (χ2n) is 5.03. The molecule has 0 heterocycles. The van der Waals surface area contributed by atoms with Gasteiger partial charge in [0.2, 0.25) is 0 Å². The van der Waals surface area contributed by atoms with Crippen molar-refractivity contribution in [2.45, 2.75) is 26.3 Å². The number of benzene rings is 1. The van der Waals surface area contributed by atoms with Gasteiger partial charge >= 0.3 is 0 Å². The second-order valence-corrected chi connectivity index (χ2v) is 6.01. The first-order chi connectivity index (χ1) is 11.3. The maximum absolute atomic E-state index is 5.67. The van der Waals surface area contributed by atoms with E-state index in [4.69, 9.17) is 4.74 Å². The van der Waals surface area contributed by atoms with E-state index in [1.54, 1.807) is 6.08 Å². The molecule has 0 aliphatic rings. The van der Waals surface area contributed by atoms with E-state index < -0.39 is 0 Å². The number of ether oxygens (including phenoxy) is 1. The van der Waals surface area contributed by atoms with Gasteiger partial charge in [0, 0.05) is 18.7 Å². The third-order valence-corrected chi connectivity index (χ3v) is 3.85. The summed E-state index contributed by atoms with van der Waals surface area (Å²) in [6.07, 6.45) is 6.28. The van der Waals surface area contributed by atoms with Crippen molar-refractivity contribution in [2.75, 3.05) is 31.7 Å². The van der Waals surface area contributed by atoms with Crippen molar-refractivity contribution in [1.82, 2.24) is 10.6 Å². The van der Waals surface area contributed by atoms with Gasteiger partial charge in [0.15, 0.2) is 5.96 Å². The van der Waals surface area contributed by atoms with Crippen LogP contribution in [0.25, 0.3) is 0 Å². The molecule has 0 aliphatic carbocycles. The molecule has 4 nitrogen and oxygen atoms in total. The fourth-order valence-electron chi connectivity index (χ4n) is 2.01.